The molecule has 2 atom stereocenters. The molecule has 0 N–H and O–H groups in total. The second-order valence-corrected chi connectivity index (χ2v) is 27.7. The maximum atomic E-state index is 2.49. The van der Waals surface area contributed by atoms with Gasteiger partial charge >= 0.3 is 0 Å². The molecule has 0 aromatic heterocycles. The van der Waals surface area contributed by atoms with E-state index < -0.39 is 0 Å². The van der Waals surface area contributed by atoms with Gasteiger partial charge in [-0.1, -0.05) is 374 Å². The Morgan fingerprint density at radius 1 is 0.163 bits per heavy atom. The van der Waals surface area contributed by atoms with E-state index in [-0.39, 0.29) is 24.8 Å². The van der Waals surface area contributed by atoms with E-state index in [9.17, 15) is 0 Å². The minimum absolute atomic E-state index is 0. The summed E-state index contributed by atoms with van der Waals surface area (Å²) in [5.74, 6) is 0. The highest BCUT2D eigenvalue weighted by molar-refractivity contribution is 4.64. The Hall–Kier alpha value is 0.500. The first-order chi connectivity index (χ1) is 38.2. The standard InChI is InChI=1S/2C38H80N.2ClH/c2*1-6-9-11-13-15-17-19-21-23-25-27-29-31-33-35-37-38(39(4,5)8-3)36-34-32-30-28-26-24-22-20-18-16-14-12-10-7-2;;/h2*38H,6-37H2,1-5H3;2*1H/q2*+1;;/p-2. The molecule has 0 radical (unpaired) electrons. The van der Waals surface area contributed by atoms with E-state index in [1.165, 1.54) is 420 Å². The lowest BCUT2D eigenvalue weighted by Crippen LogP contribution is -3.00. The lowest BCUT2D eigenvalue weighted by atomic mass is 9.97. The van der Waals surface area contributed by atoms with Gasteiger partial charge in [-0.25, -0.2) is 0 Å². The average Bonchev–Trinajstić information content (AvgIpc) is 3.44. The molecule has 0 aliphatic carbocycles. The number of hydrogen-bond donors (Lipinski definition) is 0. The van der Waals surface area contributed by atoms with E-state index in [1.807, 2.05) is 0 Å². The summed E-state index contributed by atoms with van der Waals surface area (Å²) in [4.78, 5) is 0. The largest absolute Gasteiger partial charge is 1.00 e. The van der Waals surface area contributed by atoms with Crippen LogP contribution in [0.4, 0.5) is 0 Å². The normalized spacial score (nSPS) is 12.5. The Morgan fingerprint density at radius 2 is 0.263 bits per heavy atom. The first kappa shape index (κ1) is 86.9. The van der Waals surface area contributed by atoms with Crippen molar-refractivity contribution in [3.05, 3.63) is 0 Å². The monoisotopic (exact) mass is 1170 g/mol. The van der Waals surface area contributed by atoms with Crippen molar-refractivity contribution in [1.29, 1.82) is 0 Å². The molecule has 80 heavy (non-hydrogen) atoms. The summed E-state index contributed by atoms with van der Waals surface area (Å²) in [5.41, 5.74) is 0. The molecule has 2 unspecified atom stereocenters. The number of nitrogens with zero attached hydrogens (tertiary/aromatic N) is 2. The van der Waals surface area contributed by atoms with Crippen molar-refractivity contribution in [3.8, 4) is 0 Å². The van der Waals surface area contributed by atoms with Gasteiger partial charge in [0.1, 0.15) is 0 Å². The maximum Gasteiger partial charge on any atom is 0.0886 e. The molecule has 4 heteroatoms. The van der Waals surface area contributed by atoms with E-state index in [2.05, 4.69) is 69.7 Å². The molecule has 0 amide bonds. The molecular formula is C76H160Cl2N2. The lowest BCUT2D eigenvalue weighted by Gasteiger charge is -2.37. The van der Waals surface area contributed by atoms with Gasteiger partial charge in [0.25, 0.3) is 0 Å². The van der Waals surface area contributed by atoms with E-state index >= 15 is 0 Å². The van der Waals surface area contributed by atoms with Gasteiger partial charge in [0.2, 0.25) is 0 Å². The lowest BCUT2D eigenvalue weighted by molar-refractivity contribution is -0.914. The summed E-state index contributed by atoms with van der Waals surface area (Å²) >= 11 is 0. The molecule has 488 valence electrons. The number of unbranched alkanes of at least 4 members (excludes halogenated alkanes) is 54. The molecule has 0 heterocycles. The predicted molar refractivity (Wildman–Crippen MR) is 362 cm³/mol. The fourth-order valence-corrected chi connectivity index (χ4v) is 12.9. The van der Waals surface area contributed by atoms with Gasteiger partial charge in [-0.3, -0.25) is 0 Å². The van der Waals surface area contributed by atoms with Crippen LogP contribution < -0.4 is 24.8 Å². The quantitative estimate of drug-likeness (QED) is 0.0421. The number of hydrogen-bond acceptors (Lipinski definition) is 0. The van der Waals surface area contributed by atoms with Crippen molar-refractivity contribution in [3.63, 3.8) is 0 Å². The second-order valence-electron chi connectivity index (χ2n) is 27.7. The molecule has 0 saturated heterocycles. The third kappa shape index (κ3) is 66.0. The van der Waals surface area contributed by atoms with Crippen molar-refractivity contribution in [2.75, 3.05) is 41.3 Å². The summed E-state index contributed by atoms with van der Waals surface area (Å²) in [6.45, 7) is 16.6. The van der Waals surface area contributed by atoms with Crippen LogP contribution in [0.25, 0.3) is 0 Å². The number of rotatable bonds is 66. The van der Waals surface area contributed by atoms with E-state index in [0.717, 1.165) is 12.1 Å². The smallest absolute Gasteiger partial charge is 0.0886 e. The number of halogens is 2. The molecule has 0 aromatic rings. The molecule has 0 aliphatic heterocycles. The van der Waals surface area contributed by atoms with E-state index in [1.54, 1.807) is 0 Å². The second kappa shape index (κ2) is 72.0. The summed E-state index contributed by atoms with van der Waals surface area (Å²) in [6, 6.07) is 1.77. The van der Waals surface area contributed by atoms with Gasteiger partial charge in [0.05, 0.1) is 53.4 Å². The van der Waals surface area contributed by atoms with Crippen LogP contribution in [0.3, 0.4) is 0 Å². The van der Waals surface area contributed by atoms with Crippen LogP contribution in [0, 0.1) is 0 Å². The van der Waals surface area contributed by atoms with Crippen molar-refractivity contribution >= 4 is 0 Å². The SMILES string of the molecule is CCCCCCCCCCCCCCCCCC(CCCCCCCCCCCCCCCC)[N+](C)(C)CC.CCCCCCCCCCCCCCCCCC(CCCCCCCCCCCCCCCC)[N+](C)(C)CC.[Cl-].[Cl-]. The molecule has 2 nitrogen and oxygen atoms in total. The minimum Gasteiger partial charge on any atom is -1.00 e. The zero-order valence-corrected chi connectivity index (χ0v) is 59.6. The van der Waals surface area contributed by atoms with Crippen molar-refractivity contribution in [2.24, 2.45) is 0 Å². The minimum atomic E-state index is 0. The highest BCUT2D eigenvalue weighted by atomic mass is 35.5. The van der Waals surface area contributed by atoms with Gasteiger partial charge in [-0.15, -0.1) is 0 Å². The summed E-state index contributed by atoms with van der Waals surface area (Å²) in [6.07, 6.45) is 90.9. The summed E-state index contributed by atoms with van der Waals surface area (Å²) < 4.78 is 2.47. The van der Waals surface area contributed by atoms with Crippen molar-refractivity contribution in [2.45, 2.75) is 452 Å². The van der Waals surface area contributed by atoms with E-state index in [0.29, 0.717) is 0 Å². The predicted octanol–water partition coefficient (Wildman–Crippen LogP) is 21.2. The average molecular weight is 1170 g/mol. The molecule has 0 aromatic carbocycles. The highest BCUT2D eigenvalue weighted by Crippen LogP contribution is 2.25. The zero-order valence-electron chi connectivity index (χ0n) is 58.1. The Labute approximate surface area is 523 Å². The molecule has 0 spiro atoms. The molecule has 0 aliphatic rings. The number of quaternary nitrogens is 2. The Kier molecular flexibility index (Phi) is 78.2. The fraction of sp³-hybridized carbons (Fsp3) is 1.00. The van der Waals surface area contributed by atoms with Gasteiger partial charge in [0.15, 0.2) is 0 Å². The molecule has 0 bridgehead atoms. The van der Waals surface area contributed by atoms with Crippen LogP contribution in [0.2, 0.25) is 0 Å². The van der Waals surface area contributed by atoms with Gasteiger partial charge in [0, 0.05) is 0 Å². The first-order valence-electron chi connectivity index (χ1n) is 37.8. The highest BCUT2D eigenvalue weighted by Gasteiger charge is 2.26. The summed E-state index contributed by atoms with van der Waals surface area (Å²) in [7, 11) is 9.94. The summed E-state index contributed by atoms with van der Waals surface area (Å²) in [5, 5.41) is 0. The van der Waals surface area contributed by atoms with Crippen LogP contribution in [-0.2, 0) is 0 Å². The third-order valence-electron chi connectivity index (χ3n) is 19.7. The zero-order chi connectivity index (χ0) is 57.4. The Balaban J connectivity index is -0.000000704. The molecule has 0 rings (SSSR count). The van der Waals surface area contributed by atoms with Crippen LogP contribution in [0.5, 0.6) is 0 Å². The van der Waals surface area contributed by atoms with Crippen LogP contribution in [-0.4, -0.2) is 62.3 Å². The molecule has 0 fully saturated rings. The first-order valence-corrected chi connectivity index (χ1v) is 37.8. The maximum absolute atomic E-state index is 2.49. The van der Waals surface area contributed by atoms with E-state index in [4.69, 9.17) is 0 Å². The Morgan fingerprint density at radius 3 is 0.362 bits per heavy atom. The third-order valence-corrected chi connectivity index (χ3v) is 19.7. The van der Waals surface area contributed by atoms with Crippen LogP contribution in [0.1, 0.15) is 440 Å². The molecule has 0 saturated carbocycles. The van der Waals surface area contributed by atoms with Crippen LogP contribution >= 0.6 is 0 Å². The van der Waals surface area contributed by atoms with Crippen molar-refractivity contribution < 1.29 is 33.8 Å². The fourth-order valence-electron chi connectivity index (χ4n) is 12.9. The van der Waals surface area contributed by atoms with Crippen molar-refractivity contribution in [1.82, 2.24) is 0 Å². The topological polar surface area (TPSA) is 0 Å². The Bertz CT molecular complexity index is 980. The molecular weight excluding hydrogens is 1010 g/mol. The van der Waals surface area contributed by atoms with Crippen LogP contribution in [0.15, 0.2) is 0 Å². The van der Waals surface area contributed by atoms with Gasteiger partial charge in [-0.05, 0) is 65.2 Å². The van der Waals surface area contributed by atoms with Gasteiger partial charge in [-0.2, -0.15) is 0 Å². The van der Waals surface area contributed by atoms with Gasteiger partial charge < -0.3 is 33.8 Å².